The lowest BCUT2D eigenvalue weighted by molar-refractivity contribution is 0.0694. The molecular formula is C16H15NO5S. The number of aromatic carboxylic acids is 1. The Kier molecular flexibility index (Phi) is 3.60. The van der Waals surface area contributed by atoms with E-state index in [1.807, 2.05) is 0 Å². The van der Waals surface area contributed by atoms with Crippen LogP contribution in [0.3, 0.4) is 0 Å². The second-order valence-electron chi connectivity index (χ2n) is 5.59. The van der Waals surface area contributed by atoms with Crippen LogP contribution in [0.1, 0.15) is 33.9 Å². The van der Waals surface area contributed by atoms with Gasteiger partial charge in [-0.15, -0.1) is 0 Å². The summed E-state index contributed by atoms with van der Waals surface area (Å²) in [7, 11) is -3.35. The van der Waals surface area contributed by atoms with E-state index in [1.54, 1.807) is 24.4 Å². The summed E-state index contributed by atoms with van der Waals surface area (Å²) in [5, 5.41) is 9.09. The van der Waals surface area contributed by atoms with E-state index in [0.717, 1.165) is 11.8 Å². The van der Waals surface area contributed by atoms with E-state index in [4.69, 9.17) is 5.11 Å². The largest absolute Gasteiger partial charge is 0.477 e. The molecule has 0 saturated carbocycles. The smallest absolute Gasteiger partial charge is 0.341 e. The number of rotatable bonds is 3. The molecule has 0 radical (unpaired) electrons. The first kappa shape index (κ1) is 15.5. The van der Waals surface area contributed by atoms with E-state index >= 15 is 0 Å². The summed E-state index contributed by atoms with van der Waals surface area (Å²) in [6.45, 7) is 0. The molecule has 0 bridgehead atoms. The molecule has 0 aliphatic heterocycles. The van der Waals surface area contributed by atoms with Crippen LogP contribution in [0.15, 0.2) is 46.2 Å². The number of nitrogens with zero attached hydrogens (tertiary/aromatic N) is 1. The van der Waals surface area contributed by atoms with E-state index in [2.05, 4.69) is 0 Å². The zero-order chi connectivity index (χ0) is 16.8. The van der Waals surface area contributed by atoms with Crippen molar-refractivity contribution < 1.29 is 18.3 Å². The molecule has 1 aliphatic rings. The minimum absolute atomic E-state index is 0.278. The van der Waals surface area contributed by atoms with Crippen LogP contribution in [0.25, 0.3) is 0 Å². The zero-order valence-corrected chi connectivity index (χ0v) is 13.2. The number of carboxylic acids is 1. The summed E-state index contributed by atoms with van der Waals surface area (Å²) in [4.78, 5) is 23.8. The molecule has 6 nitrogen and oxygen atoms in total. The quantitative estimate of drug-likeness (QED) is 0.918. The fourth-order valence-corrected chi connectivity index (χ4v) is 4.15. The van der Waals surface area contributed by atoms with Crippen LogP contribution in [0.5, 0.6) is 0 Å². The molecule has 2 aromatic rings. The second kappa shape index (κ2) is 5.34. The molecule has 0 amide bonds. The highest BCUT2D eigenvalue weighted by molar-refractivity contribution is 7.90. The van der Waals surface area contributed by atoms with Crippen LogP contribution in [0.4, 0.5) is 0 Å². The van der Waals surface area contributed by atoms with Gasteiger partial charge in [0, 0.05) is 12.5 Å². The Morgan fingerprint density at radius 3 is 2.65 bits per heavy atom. The van der Waals surface area contributed by atoms with Crippen LogP contribution in [-0.2, 0) is 16.3 Å². The van der Waals surface area contributed by atoms with Gasteiger partial charge in [-0.2, -0.15) is 0 Å². The molecule has 0 saturated heterocycles. The van der Waals surface area contributed by atoms with Crippen molar-refractivity contribution in [3.8, 4) is 0 Å². The van der Waals surface area contributed by atoms with Gasteiger partial charge < -0.3 is 9.67 Å². The highest BCUT2D eigenvalue weighted by Crippen LogP contribution is 2.36. The highest BCUT2D eigenvalue weighted by atomic mass is 32.2. The topological polar surface area (TPSA) is 93.4 Å². The van der Waals surface area contributed by atoms with Crippen LogP contribution < -0.4 is 5.56 Å². The lowest BCUT2D eigenvalue weighted by Crippen LogP contribution is -2.28. The van der Waals surface area contributed by atoms with E-state index in [0.29, 0.717) is 18.4 Å². The van der Waals surface area contributed by atoms with Crippen molar-refractivity contribution >= 4 is 15.8 Å². The fraction of sp³-hybridized carbons (Fsp3) is 0.250. The number of pyridine rings is 1. The van der Waals surface area contributed by atoms with E-state index < -0.39 is 21.4 Å². The van der Waals surface area contributed by atoms with Crippen molar-refractivity contribution in [2.45, 2.75) is 23.8 Å². The average molecular weight is 333 g/mol. The van der Waals surface area contributed by atoms with Crippen LogP contribution in [-0.4, -0.2) is 30.3 Å². The monoisotopic (exact) mass is 333 g/mol. The standard InChI is InChI=1S/C16H15NO5S/c1-23(21,22)14-6-2-4-10-11(14)7-8-13(10)17-9-3-5-12(15(17)18)16(19)20/h2-6,9,13H,7-8H2,1H3,(H,19,20). The van der Waals surface area contributed by atoms with Crippen molar-refractivity contribution in [1.82, 2.24) is 4.57 Å². The Morgan fingerprint density at radius 1 is 1.26 bits per heavy atom. The first-order chi connectivity index (χ1) is 10.8. The molecule has 1 atom stereocenters. The van der Waals surface area contributed by atoms with Gasteiger partial charge in [0.05, 0.1) is 10.9 Å². The molecule has 1 aromatic carbocycles. The lowest BCUT2D eigenvalue weighted by atomic mass is 10.1. The maximum absolute atomic E-state index is 12.4. The SMILES string of the molecule is CS(=O)(=O)c1cccc2c1CCC2n1cccc(C(=O)O)c1=O. The molecule has 1 heterocycles. The van der Waals surface area contributed by atoms with Gasteiger partial charge >= 0.3 is 5.97 Å². The van der Waals surface area contributed by atoms with E-state index in [-0.39, 0.29) is 16.5 Å². The van der Waals surface area contributed by atoms with E-state index in [1.165, 1.54) is 16.7 Å². The second-order valence-corrected chi connectivity index (χ2v) is 7.57. The minimum atomic E-state index is -3.35. The van der Waals surface area contributed by atoms with Crippen LogP contribution in [0.2, 0.25) is 0 Å². The predicted octanol–water partition coefficient (Wildman–Crippen LogP) is 1.49. The van der Waals surface area contributed by atoms with Gasteiger partial charge in [-0.3, -0.25) is 4.79 Å². The summed E-state index contributed by atoms with van der Waals surface area (Å²) in [6, 6.07) is 7.44. The predicted molar refractivity (Wildman–Crippen MR) is 83.7 cm³/mol. The van der Waals surface area contributed by atoms with Crippen molar-refractivity contribution in [3.05, 3.63) is 63.6 Å². The van der Waals surface area contributed by atoms with Crippen LogP contribution >= 0.6 is 0 Å². The molecule has 0 fully saturated rings. The van der Waals surface area contributed by atoms with Gasteiger partial charge in [-0.1, -0.05) is 12.1 Å². The summed E-state index contributed by atoms with van der Waals surface area (Å²) < 4.78 is 25.2. The van der Waals surface area contributed by atoms with Crippen molar-refractivity contribution in [3.63, 3.8) is 0 Å². The van der Waals surface area contributed by atoms with Gasteiger partial charge in [0.2, 0.25) is 0 Å². The summed E-state index contributed by atoms with van der Waals surface area (Å²) in [6.07, 6.45) is 3.80. The number of benzene rings is 1. The summed E-state index contributed by atoms with van der Waals surface area (Å²) in [5.74, 6) is -1.27. The molecule has 3 rings (SSSR count). The number of sulfone groups is 1. The molecule has 1 aliphatic carbocycles. The molecule has 1 unspecified atom stereocenters. The Morgan fingerprint density at radius 2 is 2.00 bits per heavy atom. The van der Waals surface area contributed by atoms with E-state index in [9.17, 15) is 18.0 Å². The van der Waals surface area contributed by atoms with Gasteiger partial charge in [0.25, 0.3) is 5.56 Å². The fourth-order valence-electron chi connectivity index (χ4n) is 3.15. The third-order valence-corrected chi connectivity index (χ3v) is 5.32. The number of carboxylic acid groups (broad SMARTS) is 1. The normalized spacial score (nSPS) is 17.0. The molecule has 1 N–H and O–H groups in total. The van der Waals surface area contributed by atoms with Gasteiger partial charge in [0.1, 0.15) is 5.56 Å². The first-order valence-electron chi connectivity index (χ1n) is 7.07. The lowest BCUT2D eigenvalue weighted by Gasteiger charge is -2.16. The zero-order valence-electron chi connectivity index (χ0n) is 12.4. The molecule has 23 heavy (non-hydrogen) atoms. The Bertz CT molecular complexity index is 959. The maximum Gasteiger partial charge on any atom is 0.341 e. The van der Waals surface area contributed by atoms with Gasteiger partial charge in [-0.25, -0.2) is 13.2 Å². The number of carbonyl (C=O) groups is 1. The maximum atomic E-state index is 12.4. The highest BCUT2D eigenvalue weighted by Gasteiger charge is 2.29. The average Bonchev–Trinajstić information content (AvgIpc) is 2.89. The molecular weight excluding hydrogens is 318 g/mol. The summed E-state index contributed by atoms with van der Waals surface area (Å²) >= 11 is 0. The Hall–Kier alpha value is -2.41. The van der Waals surface area contributed by atoms with Crippen LogP contribution in [0, 0.1) is 0 Å². The van der Waals surface area contributed by atoms with Gasteiger partial charge in [0.15, 0.2) is 9.84 Å². The van der Waals surface area contributed by atoms with Gasteiger partial charge in [-0.05, 0) is 42.2 Å². The Balaban J connectivity index is 2.17. The number of hydrogen-bond acceptors (Lipinski definition) is 4. The Labute approximate surface area is 132 Å². The molecule has 0 spiro atoms. The minimum Gasteiger partial charge on any atom is -0.477 e. The molecule has 7 heteroatoms. The number of aromatic nitrogens is 1. The third-order valence-electron chi connectivity index (χ3n) is 4.14. The van der Waals surface area contributed by atoms with Crippen molar-refractivity contribution in [2.75, 3.05) is 6.26 Å². The molecule has 120 valence electrons. The number of fused-ring (bicyclic) bond motifs is 1. The van der Waals surface area contributed by atoms with Crippen molar-refractivity contribution in [2.24, 2.45) is 0 Å². The molecule has 1 aromatic heterocycles. The first-order valence-corrected chi connectivity index (χ1v) is 8.96. The van der Waals surface area contributed by atoms with Crippen molar-refractivity contribution in [1.29, 1.82) is 0 Å². The summed E-state index contributed by atoms with van der Waals surface area (Å²) in [5.41, 5.74) is 0.605. The number of hydrogen-bond donors (Lipinski definition) is 1. The third kappa shape index (κ3) is 2.57.